The summed E-state index contributed by atoms with van der Waals surface area (Å²) in [5, 5.41) is 1.51. The summed E-state index contributed by atoms with van der Waals surface area (Å²) in [6, 6.07) is 10.0. The zero-order chi connectivity index (χ0) is 19.7. The lowest BCUT2D eigenvalue weighted by atomic mass is 9.77. The lowest BCUT2D eigenvalue weighted by Crippen LogP contribution is -2.28. The van der Waals surface area contributed by atoms with Gasteiger partial charge in [-0.05, 0) is 66.0 Å². The molecule has 1 aliphatic rings. The fourth-order valence-corrected chi connectivity index (χ4v) is 4.37. The lowest BCUT2D eigenvalue weighted by molar-refractivity contribution is -0.0500. The Morgan fingerprint density at radius 1 is 1.00 bits per heavy atom. The number of benzene rings is 2. The summed E-state index contributed by atoms with van der Waals surface area (Å²) in [5.74, 6) is 0.985. The fraction of sp³-hybridized carbons (Fsp3) is 0.500. The molecule has 1 saturated carbocycles. The van der Waals surface area contributed by atoms with E-state index in [0.29, 0.717) is 11.3 Å². The van der Waals surface area contributed by atoms with Gasteiger partial charge in [0.15, 0.2) is 0 Å². The second kappa shape index (κ2) is 7.70. The van der Waals surface area contributed by atoms with Crippen molar-refractivity contribution in [3.05, 3.63) is 42.0 Å². The molecule has 1 fully saturated rings. The van der Waals surface area contributed by atoms with Gasteiger partial charge in [-0.15, -0.1) is 0 Å². The van der Waals surface area contributed by atoms with Gasteiger partial charge in [0.1, 0.15) is 5.75 Å². The van der Waals surface area contributed by atoms with Gasteiger partial charge < -0.3 is 4.18 Å². The summed E-state index contributed by atoms with van der Waals surface area (Å²) in [6.45, 7) is 2.22. The molecule has 0 N–H and O–H groups in total. The summed E-state index contributed by atoms with van der Waals surface area (Å²) in [6.07, 6.45) is 7.29. The molecule has 0 aromatic heterocycles. The highest BCUT2D eigenvalue weighted by Gasteiger charge is 2.48. The van der Waals surface area contributed by atoms with E-state index in [1.165, 1.54) is 43.4 Å². The Hall–Kier alpha value is -1.76. The van der Waals surface area contributed by atoms with Crippen molar-refractivity contribution in [1.82, 2.24) is 0 Å². The van der Waals surface area contributed by atoms with Crippen molar-refractivity contribution in [2.24, 2.45) is 5.92 Å². The van der Waals surface area contributed by atoms with Crippen molar-refractivity contribution in [2.45, 2.75) is 56.9 Å². The molecule has 27 heavy (non-hydrogen) atoms. The van der Waals surface area contributed by atoms with Gasteiger partial charge in [-0.2, -0.15) is 21.6 Å². The molecule has 0 spiro atoms. The Bertz CT molecular complexity index is 898. The van der Waals surface area contributed by atoms with Gasteiger partial charge in [-0.25, -0.2) is 0 Å². The summed E-state index contributed by atoms with van der Waals surface area (Å²) in [5.41, 5.74) is -4.21. The number of hydrogen-bond acceptors (Lipinski definition) is 3. The van der Waals surface area contributed by atoms with Crippen LogP contribution in [-0.2, 0) is 10.1 Å². The van der Waals surface area contributed by atoms with Crippen molar-refractivity contribution in [1.29, 1.82) is 0 Å². The molecule has 7 heteroatoms. The van der Waals surface area contributed by atoms with E-state index >= 15 is 0 Å². The second-order valence-corrected chi connectivity index (χ2v) is 8.80. The van der Waals surface area contributed by atoms with E-state index in [-0.39, 0.29) is 5.75 Å². The Morgan fingerprint density at radius 2 is 1.63 bits per heavy atom. The number of halogens is 3. The minimum atomic E-state index is -5.65. The highest BCUT2D eigenvalue weighted by atomic mass is 32.2. The molecule has 0 aliphatic heterocycles. The normalized spacial score (nSPS) is 21.3. The Kier molecular flexibility index (Phi) is 5.70. The summed E-state index contributed by atoms with van der Waals surface area (Å²) in [4.78, 5) is 0. The number of rotatable bonds is 5. The first-order valence-corrected chi connectivity index (χ1v) is 10.6. The third-order valence-corrected chi connectivity index (χ3v) is 6.32. The molecule has 0 bridgehead atoms. The van der Waals surface area contributed by atoms with E-state index in [1.54, 1.807) is 6.07 Å². The van der Waals surface area contributed by atoms with E-state index in [1.807, 2.05) is 18.2 Å². The van der Waals surface area contributed by atoms with E-state index in [9.17, 15) is 21.6 Å². The van der Waals surface area contributed by atoms with Crippen LogP contribution in [0.5, 0.6) is 5.75 Å². The van der Waals surface area contributed by atoms with Gasteiger partial charge in [0, 0.05) is 0 Å². The quantitative estimate of drug-likeness (QED) is 0.447. The zero-order valence-corrected chi connectivity index (χ0v) is 15.9. The van der Waals surface area contributed by atoms with Gasteiger partial charge in [-0.3, -0.25) is 0 Å². The van der Waals surface area contributed by atoms with Crippen LogP contribution in [0, 0.1) is 5.92 Å². The number of hydrogen-bond donors (Lipinski definition) is 0. The van der Waals surface area contributed by atoms with E-state index < -0.39 is 15.6 Å². The first kappa shape index (κ1) is 20.0. The van der Waals surface area contributed by atoms with Crippen LogP contribution in [0.25, 0.3) is 10.8 Å². The smallest absolute Gasteiger partial charge is 0.376 e. The van der Waals surface area contributed by atoms with Crippen LogP contribution >= 0.6 is 0 Å². The van der Waals surface area contributed by atoms with Crippen LogP contribution in [0.1, 0.15) is 56.9 Å². The molecule has 0 amide bonds. The zero-order valence-electron chi connectivity index (χ0n) is 15.1. The molecule has 0 heterocycles. The molecule has 0 radical (unpaired) electrons. The first-order chi connectivity index (χ1) is 12.7. The van der Waals surface area contributed by atoms with E-state index in [2.05, 4.69) is 11.1 Å². The van der Waals surface area contributed by atoms with E-state index in [4.69, 9.17) is 0 Å². The number of fused-ring (bicyclic) bond motifs is 1. The van der Waals surface area contributed by atoms with Crippen LogP contribution in [0.2, 0.25) is 0 Å². The predicted octanol–water partition coefficient (Wildman–Crippen LogP) is 6.14. The average Bonchev–Trinajstić information content (AvgIpc) is 2.61. The summed E-state index contributed by atoms with van der Waals surface area (Å²) < 4.78 is 63.9. The maximum atomic E-state index is 12.5. The summed E-state index contributed by atoms with van der Waals surface area (Å²) in [7, 11) is -5.65. The van der Waals surface area contributed by atoms with Crippen molar-refractivity contribution >= 4 is 20.9 Å². The van der Waals surface area contributed by atoms with Gasteiger partial charge in [0.25, 0.3) is 0 Å². The molecule has 3 rings (SSSR count). The second-order valence-electron chi connectivity index (χ2n) is 7.26. The van der Waals surface area contributed by atoms with Crippen molar-refractivity contribution in [3.8, 4) is 5.75 Å². The van der Waals surface area contributed by atoms with E-state index in [0.717, 1.165) is 24.1 Å². The molecule has 0 saturated heterocycles. The summed E-state index contributed by atoms with van der Waals surface area (Å²) >= 11 is 0. The van der Waals surface area contributed by atoms with Gasteiger partial charge >= 0.3 is 15.6 Å². The third-order valence-electron chi connectivity index (χ3n) is 5.34. The molecular weight excluding hydrogens is 377 g/mol. The molecule has 2 aromatic rings. The Labute approximate surface area is 157 Å². The highest BCUT2D eigenvalue weighted by Crippen LogP contribution is 2.38. The predicted molar refractivity (Wildman–Crippen MR) is 99.2 cm³/mol. The van der Waals surface area contributed by atoms with Crippen molar-refractivity contribution < 1.29 is 25.8 Å². The molecule has 148 valence electrons. The standard InChI is InChI=1S/C20H23F3O3S/c1-2-3-14-4-6-15(7-5-14)16-8-9-18-13-19(11-10-17(18)12-16)26-27(24,25)20(21,22)23/h8-15H,2-7H2,1H3. The minimum Gasteiger partial charge on any atom is -0.376 e. The fourth-order valence-electron chi connectivity index (χ4n) is 3.91. The monoisotopic (exact) mass is 400 g/mol. The number of alkyl halides is 3. The molecular formula is C20H23F3O3S. The maximum Gasteiger partial charge on any atom is 0.534 e. The Morgan fingerprint density at radius 3 is 2.26 bits per heavy atom. The average molecular weight is 400 g/mol. The first-order valence-electron chi connectivity index (χ1n) is 9.24. The van der Waals surface area contributed by atoms with Crippen LogP contribution in [0.15, 0.2) is 36.4 Å². The highest BCUT2D eigenvalue weighted by molar-refractivity contribution is 7.88. The molecule has 2 aromatic carbocycles. The molecule has 1 aliphatic carbocycles. The minimum absolute atomic E-state index is 0.340. The van der Waals surface area contributed by atoms with Crippen LogP contribution in [0.4, 0.5) is 13.2 Å². The SMILES string of the molecule is CCCC1CCC(c2ccc3cc(OS(=O)(=O)C(F)(F)F)ccc3c2)CC1. The third kappa shape index (κ3) is 4.57. The molecule has 3 nitrogen and oxygen atoms in total. The van der Waals surface area contributed by atoms with Gasteiger partial charge in [-0.1, -0.05) is 44.0 Å². The van der Waals surface area contributed by atoms with Gasteiger partial charge in [0.2, 0.25) is 0 Å². The lowest BCUT2D eigenvalue weighted by Gasteiger charge is -2.28. The van der Waals surface area contributed by atoms with Crippen LogP contribution < -0.4 is 4.18 Å². The maximum absolute atomic E-state index is 12.5. The van der Waals surface area contributed by atoms with Gasteiger partial charge in [0.05, 0.1) is 0 Å². The van der Waals surface area contributed by atoms with Crippen LogP contribution in [0.3, 0.4) is 0 Å². The topological polar surface area (TPSA) is 43.4 Å². The molecule has 0 atom stereocenters. The Balaban J connectivity index is 1.76. The van der Waals surface area contributed by atoms with Crippen molar-refractivity contribution in [3.63, 3.8) is 0 Å². The van der Waals surface area contributed by atoms with Crippen LogP contribution in [-0.4, -0.2) is 13.9 Å². The largest absolute Gasteiger partial charge is 0.534 e. The van der Waals surface area contributed by atoms with Crippen molar-refractivity contribution in [2.75, 3.05) is 0 Å². The molecule has 0 unspecified atom stereocenters.